The van der Waals surface area contributed by atoms with Crippen LogP contribution < -0.4 is 14.6 Å². The highest BCUT2D eigenvalue weighted by molar-refractivity contribution is 7.88. The number of hydrogen-bond donors (Lipinski definition) is 1. The van der Waals surface area contributed by atoms with Gasteiger partial charge in [-0.15, -0.1) is 6.42 Å². The van der Waals surface area contributed by atoms with Crippen LogP contribution in [0.2, 0.25) is 0 Å². The normalized spacial score (nSPS) is 14.8. The van der Waals surface area contributed by atoms with Crippen molar-refractivity contribution in [3.8, 4) is 35.0 Å². The van der Waals surface area contributed by atoms with Crippen molar-refractivity contribution in [3.63, 3.8) is 0 Å². The van der Waals surface area contributed by atoms with Crippen LogP contribution in [-0.2, 0) is 15.8 Å². The molecule has 5 nitrogen and oxygen atoms in total. The van der Waals surface area contributed by atoms with Gasteiger partial charge < -0.3 is 9.47 Å². The van der Waals surface area contributed by atoms with E-state index in [0.717, 1.165) is 22.3 Å². The smallest absolute Gasteiger partial charge is 0.213 e. The molecule has 3 aromatic rings. The van der Waals surface area contributed by atoms with E-state index in [9.17, 15) is 8.42 Å². The predicted octanol–water partition coefficient (Wildman–Crippen LogP) is 3.64. The molecule has 0 amide bonds. The Balaban J connectivity index is 1.90. The van der Waals surface area contributed by atoms with Crippen molar-refractivity contribution in [1.29, 1.82) is 0 Å². The van der Waals surface area contributed by atoms with Gasteiger partial charge in [-0.1, -0.05) is 60.5 Å². The summed E-state index contributed by atoms with van der Waals surface area (Å²) in [6, 6.07) is 20.8. The van der Waals surface area contributed by atoms with Gasteiger partial charge in [0.15, 0.2) is 0 Å². The first-order valence-corrected chi connectivity index (χ1v) is 10.7. The van der Waals surface area contributed by atoms with Crippen molar-refractivity contribution in [1.82, 2.24) is 0 Å². The Morgan fingerprint density at radius 1 is 1.07 bits per heavy atom. The van der Waals surface area contributed by atoms with Crippen LogP contribution in [0, 0.1) is 12.3 Å². The number of primary sulfonamides is 1. The maximum absolute atomic E-state index is 11.6. The van der Waals surface area contributed by atoms with Gasteiger partial charge in [0.05, 0.1) is 11.3 Å². The average molecular weight is 405 g/mol. The predicted molar refractivity (Wildman–Crippen MR) is 112 cm³/mol. The summed E-state index contributed by atoms with van der Waals surface area (Å²) in [6.45, 7) is 0.136. The van der Waals surface area contributed by atoms with E-state index in [1.54, 1.807) is 6.07 Å². The highest BCUT2D eigenvalue weighted by Crippen LogP contribution is 2.49. The van der Waals surface area contributed by atoms with Gasteiger partial charge in [-0.25, -0.2) is 13.6 Å². The molecule has 29 heavy (non-hydrogen) atoms. The third-order valence-corrected chi connectivity index (χ3v) is 5.42. The molecule has 0 aromatic heterocycles. The fourth-order valence-corrected chi connectivity index (χ4v) is 4.20. The Hall–Kier alpha value is -3.27. The molecule has 3 aromatic carbocycles. The van der Waals surface area contributed by atoms with Crippen molar-refractivity contribution >= 4 is 10.0 Å². The minimum atomic E-state index is -3.65. The number of ether oxygens (including phenoxy) is 2. The van der Waals surface area contributed by atoms with Gasteiger partial charge in [-0.3, -0.25) is 0 Å². The first-order valence-electron chi connectivity index (χ1n) is 9.01. The molecule has 1 unspecified atom stereocenters. The Kier molecular flexibility index (Phi) is 5.01. The van der Waals surface area contributed by atoms with Gasteiger partial charge in [0.2, 0.25) is 10.0 Å². The molecular formula is C23H19NO4S. The van der Waals surface area contributed by atoms with E-state index in [4.69, 9.17) is 21.0 Å². The van der Waals surface area contributed by atoms with Crippen molar-refractivity contribution < 1.29 is 17.9 Å². The number of terminal acetylenes is 1. The van der Waals surface area contributed by atoms with E-state index >= 15 is 0 Å². The zero-order valence-electron chi connectivity index (χ0n) is 15.5. The van der Waals surface area contributed by atoms with E-state index in [0.29, 0.717) is 17.1 Å². The van der Waals surface area contributed by atoms with Crippen LogP contribution >= 0.6 is 0 Å². The Labute approximate surface area is 170 Å². The fourth-order valence-electron chi connectivity index (χ4n) is 3.56. The number of fused-ring (bicyclic) bond motifs is 3. The molecule has 0 saturated carbocycles. The zero-order chi connectivity index (χ0) is 20.4. The number of rotatable bonds is 5. The number of hydrogen-bond acceptors (Lipinski definition) is 4. The molecule has 1 aliphatic rings. The quantitative estimate of drug-likeness (QED) is 0.658. The van der Waals surface area contributed by atoms with E-state index in [2.05, 4.69) is 5.92 Å². The highest BCUT2D eigenvalue weighted by atomic mass is 32.2. The summed E-state index contributed by atoms with van der Waals surface area (Å²) < 4.78 is 35.3. The molecule has 1 heterocycles. The number of sulfonamides is 1. The van der Waals surface area contributed by atoms with Gasteiger partial charge in [-0.05, 0) is 28.8 Å². The second kappa shape index (κ2) is 7.63. The summed E-state index contributed by atoms with van der Waals surface area (Å²) in [4.78, 5) is 0. The van der Waals surface area contributed by atoms with E-state index in [1.165, 1.54) is 0 Å². The molecular weight excluding hydrogens is 386 g/mol. The number of benzene rings is 3. The molecule has 0 spiro atoms. The van der Waals surface area contributed by atoms with E-state index in [1.807, 2.05) is 60.7 Å². The third kappa shape index (κ3) is 3.97. The van der Waals surface area contributed by atoms with Crippen LogP contribution in [0.4, 0.5) is 0 Å². The summed E-state index contributed by atoms with van der Waals surface area (Å²) >= 11 is 0. The molecule has 4 rings (SSSR count). The van der Waals surface area contributed by atoms with Gasteiger partial charge in [-0.2, -0.15) is 0 Å². The standard InChI is InChI=1S/C23H19NO4S/c1-2-13-27-20-9-6-10-21-22(20)18-12-11-16(15-29(24,25)26)14-19(18)23(28-21)17-7-4-3-5-8-17/h1,3-12,14,23H,13,15H2,(H2,24,25,26). The Morgan fingerprint density at radius 2 is 1.86 bits per heavy atom. The monoisotopic (exact) mass is 405 g/mol. The maximum atomic E-state index is 11.6. The van der Waals surface area contributed by atoms with Crippen molar-refractivity contribution in [2.45, 2.75) is 11.9 Å². The van der Waals surface area contributed by atoms with Crippen LogP contribution in [0.15, 0.2) is 66.7 Å². The molecule has 0 radical (unpaired) electrons. The summed E-state index contributed by atoms with van der Waals surface area (Å²) in [5.74, 6) is 3.53. The topological polar surface area (TPSA) is 78.6 Å². The van der Waals surface area contributed by atoms with Crippen LogP contribution in [0.25, 0.3) is 11.1 Å². The van der Waals surface area contributed by atoms with Gasteiger partial charge in [0, 0.05) is 5.56 Å². The SMILES string of the molecule is C#CCOc1cccc2c1-c1ccc(CS(N)(=O)=O)cc1C(c1ccccc1)O2. The Morgan fingerprint density at radius 3 is 2.59 bits per heavy atom. The molecule has 0 fully saturated rings. The van der Waals surface area contributed by atoms with Crippen LogP contribution in [-0.4, -0.2) is 15.0 Å². The highest BCUT2D eigenvalue weighted by Gasteiger charge is 2.30. The fraction of sp³-hybridized carbons (Fsp3) is 0.130. The first-order chi connectivity index (χ1) is 14.0. The Bertz CT molecular complexity index is 1200. The summed E-state index contributed by atoms with van der Waals surface area (Å²) in [7, 11) is -3.65. The lowest BCUT2D eigenvalue weighted by Gasteiger charge is -2.30. The molecule has 6 heteroatoms. The third-order valence-electron chi connectivity index (χ3n) is 4.68. The maximum Gasteiger partial charge on any atom is 0.213 e. The summed E-state index contributed by atoms with van der Waals surface area (Å²) in [5.41, 5.74) is 4.11. The van der Waals surface area contributed by atoms with Crippen LogP contribution in [0.3, 0.4) is 0 Å². The summed E-state index contributed by atoms with van der Waals surface area (Å²) in [6.07, 6.45) is 4.96. The van der Waals surface area contributed by atoms with Gasteiger partial charge >= 0.3 is 0 Å². The molecule has 0 aliphatic carbocycles. The molecule has 1 atom stereocenters. The first kappa shape index (κ1) is 19.1. The van der Waals surface area contributed by atoms with Crippen molar-refractivity contribution in [2.24, 2.45) is 5.14 Å². The molecule has 1 aliphatic heterocycles. The van der Waals surface area contributed by atoms with Crippen LogP contribution in [0.1, 0.15) is 22.8 Å². The second-order valence-corrected chi connectivity index (χ2v) is 8.37. The minimum absolute atomic E-state index is 0.136. The zero-order valence-corrected chi connectivity index (χ0v) is 16.4. The van der Waals surface area contributed by atoms with Crippen molar-refractivity contribution in [2.75, 3.05) is 6.61 Å². The van der Waals surface area contributed by atoms with E-state index in [-0.39, 0.29) is 18.5 Å². The lowest BCUT2D eigenvalue weighted by atomic mass is 9.88. The van der Waals surface area contributed by atoms with Gasteiger partial charge in [0.25, 0.3) is 0 Å². The largest absolute Gasteiger partial charge is 0.480 e. The lowest BCUT2D eigenvalue weighted by Crippen LogP contribution is -2.18. The van der Waals surface area contributed by atoms with Crippen LogP contribution in [0.5, 0.6) is 11.5 Å². The average Bonchev–Trinajstić information content (AvgIpc) is 2.70. The van der Waals surface area contributed by atoms with Gasteiger partial charge in [0.1, 0.15) is 24.2 Å². The molecule has 146 valence electrons. The van der Waals surface area contributed by atoms with E-state index < -0.39 is 10.0 Å². The second-order valence-electron chi connectivity index (χ2n) is 6.76. The molecule has 2 N–H and O–H groups in total. The number of nitrogens with two attached hydrogens (primary N) is 1. The minimum Gasteiger partial charge on any atom is -0.480 e. The molecule has 0 saturated heterocycles. The van der Waals surface area contributed by atoms with Crippen molar-refractivity contribution in [3.05, 3.63) is 83.4 Å². The lowest BCUT2D eigenvalue weighted by molar-refractivity contribution is 0.241. The molecule has 0 bridgehead atoms. The summed E-state index contributed by atoms with van der Waals surface area (Å²) in [5, 5.41) is 5.25.